The fourth-order valence-electron chi connectivity index (χ4n) is 0.973. The van der Waals surface area contributed by atoms with Gasteiger partial charge in [-0.1, -0.05) is 13.8 Å². The van der Waals surface area contributed by atoms with E-state index in [0.717, 1.165) is 0 Å². The summed E-state index contributed by atoms with van der Waals surface area (Å²) in [6, 6.07) is 0. The van der Waals surface area contributed by atoms with Crippen molar-refractivity contribution in [2.24, 2.45) is 5.73 Å². The Bertz CT molecular complexity index is 198. The lowest BCUT2D eigenvalue weighted by atomic mass is 9.95. The molecule has 0 aliphatic carbocycles. The van der Waals surface area contributed by atoms with E-state index in [1.54, 1.807) is 13.8 Å². The molecular weight excluding hydrogens is 180 g/mol. The molecule has 14 heavy (non-hydrogen) atoms. The van der Waals surface area contributed by atoms with Gasteiger partial charge in [0, 0.05) is 6.54 Å². The topological polar surface area (TPSA) is 75.3 Å². The normalized spacial score (nSPS) is 12.9. The average Bonchev–Trinajstić information content (AvgIpc) is 2.14. The lowest BCUT2D eigenvalue weighted by Crippen LogP contribution is -2.55. The van der Waals surface area contributed by atoms with Gasteiger partial charge in [0.25, 0.3) is 0 Å². The second-order valence-electron chi connectivity index (χ2n) is 4.27. The van der Waals surface area contributed by atoms with Gasteiger partial charge in [-0.15, -0.1) is 0 Å². The summed E-state index contributed by atoms with van der Waals surface area (Å²) in [7, 11) is 0. The quantitative estimate of drug-likeness (QED) is 0.583. The first-order valence-corrected chi connectivity index (χ1v) is 5.04. The zero-order chi connectivity index (χ0) is 11.4. The molecule has 0 heterocycles. The van der Waals surface area contributed by atoms with Crippen molar-refractivity contribution in [1.29, 1.82) is 0 Å². The van der Waals surface area contributed by atoms with Crippen LogP contribution in [0.25, 0.3) is 0 Å². The molecule has 84 valence electrons. The second kappa shape index (κ2) is 4.75. The third-order valence-corrected chi connectivity index (χ3v) is 2.79. The molecule has 0 saturated heterocycles. The maximum atomic E-state index is 11.0. The van der Waals surface area contributed by atoms with Crippen molar-refractivity contribution in [3.05, 3.63) is 0 Å². The van der Waals surface area contributed by atoms with Crippen molar-refractivity contribution in [3.8, 4) is 0 Å². The molecule has 0 saturated carbocycles. The Morgan fingerprint density at radius 1 is 1.36 bits per heavy atom. The lowest BCUT2D eigenvalue weighted by Gasteiger charge is -2.31. The minimum absolute atomic E-state index is 0.385. The van der Waals surface area contributed by atoms with Crippen molar-refractivity contribution in [2.75, 3.05) is 6.54 Å². The summed E-state index contributed by atoms with van der Waals surface area (Å²) >= 11 is 0. The van der Waals surface area contributed by atoms with E-state index in [0.29, 0.717) is 19.4 Å². The average molecular weight is 202 g/mol. The Morgan fingerprint density at radius 3 is 2.07 bits per heavy atom. The van der Waals surface area contributed by atoms with Crippen molar-refractivity contribution < 1.29 is 9.90 Å². The number of hydrogen-bond donors (Lipinski definition) is 3. The summed E-state index contributed by atoms with van der Waals surface area (Å²) in [5.41, 5.74) is 3.69. The number of aliphatic hydroxyl groups is 1. The molecule has 0 radical (unpaired) electrons. The molecule has 0 atom stereocenters. The number of β-amino-alcohol motifs (C(OH)–C–C–N with tert-alkyl or cyclic N) is 1. The smallest absolute Gasteiger partial charge is 0.237 e. The molecule has 4 heteroatoms. The molecule has 4 nitrogen and oxygen atoms in total. The van der Waals surface area contributed by atoms with E-state index in [-0.39, 0.29) is 0 Å². The molecule has 0 aromatic carbocycles. The van der Waals surface area contributed by atoms with E-state index in [4.69, 9.17) is 5.73 Å². The Morgan fingerprint density at radius 2 is 1.79 bits per heavy atom. The highest BCUT2D eigenvalue weighted by atomic mass is 16.3. The third-order valence-electron chi connectivity index (χ3n) is 2.79. The first kappa shape index (κ1) is 13.4. The summed E-state index contributed by atoms with van der Waals surface area (Å²) in [5.74, 6) is -0.410. The fourth-order valence-corrected chi connectivity index (χ4v) is 0.973. The molecule has 0 aliphatic heterocycles. The fraction of sp³-hybridized carbons (Fsp3) is 0.900. The van der Waals surface area contributed by atoms with Gasteiger partial charge >= 0.3 is 0 Å². The largest absolute Gasteiger partial charge is 0.389 e. The van der Waals surface area contributed by atoms with E-state index in [1.165, 1.54) is 0 Å². The van der Waals surface area contributed by atoms with Crippen LogP contribution in [0.15, 0.2) is 0 Å². The van der Waals surface area contributed by atoms with E-state index in [2.05, 4.69) is 5.32 Å². The minimum atomic E-state index is -0.766. The first-order valence-electron chi connectivity index (χ1n) is 5.04. The molecule has 0 spiro atoms. The number of nitrogens with one attached hydrogen (secondary N) is 1. The SMILES string of the molecule is CCC(O)(CC)CNC(C)(C)C(N)=O. The number of amides is 1. The van der Waals surface area contributed by atoms with Gasteiger partial charge in [-0.2, -0.15) is 0 Å². The van der Waals surface area contributed by atoms with E-state index in [9.17, 15) is 9.90 Å². The Hall–Kier alpha value is -0.610. The van der Waals surface area contributed by atoms with Crippen LogP contribution in [0.1, 0.15) is 40.5 Å². The van der Waals surface area contributed by atoms with Gasteiger partial charge in [0.1, 0.15) is 0 Å². The number of carbonyl (C=O) groups excluding carboxylic acids is 1. The van der Waals surface area contributed by atoms with Gasteiger partial charge in [-0.3, -0.25) is 4.79 Å². The van der Waals surface area contributed by atoms with Crippen molar-refractivity contribution >= 4 is 5.91 Å². The monoisotopic (exact) mass is 202 g/mol. The van der Waals surface area contributed by atoms with Gasteiger partial charge in [-0.25, -0.2) is 0 Å². The summed E-state index contributed by atoms with van der Waals surface area (Å²) in [6.45, 7) is 7.64. The zero-order valence-corrected chi connectivity index (χ0v) is 9.55. The van der Waals surface area contributed by atoms with E-state index in [1.807, 2.05) is 13.8 Å². The van der Waals surface area contributed by atoms with Crippen molar-refractivity contribution in [2.45, 2.75) is 51.7 Å². The van der Waals surface area contributed by atoms with Crippen molar-refractivity contribution in [3.63, 3.8) is 0 Å². The third kappa shape index (κ3) is 3.64. The molecule has 4 N–H and O–H groups in total. The summed E-state index contributed by atoms with van der Waals surface area (Å²) < 4.78 is 0. The second-order valence-corrected chi connectivity index (χ2v) is 4.27. The molecule has 0 aromatic rings. The summed E-state index contributed by atoms with van der Waals surface area (Å²) in [5, 5.41) is 12.9. The molecule has 1 amide bonds. The van der Waals surface area contributed by atoms with Crippen LogP contribution in [-0.4, -0.2) is 28.7 Å². The maximum Gasteiger partial charge on any atom is 0.237 e. The molecule has 0 aliphatic rings. The predicted molar refractivity (Wildman–Crippen MR) is 56.8 cm³/mol. The van der Waals surface area contributed by atoms with E-state index < -0.39 is 17.0 Å². The van der Waals surface area contributed by atoms with Crippen LogP contribution < -0.4 is 11.1 Å². The van der Waals surface area contributed by atoms with Gasteiger partial charge in [-0.05, 0) is 26.7 Å². The number of rotatable bonds is 6. The zero-order valence-electron chi connectivity index (χ0n) is 9.55. The number of hydrogen-bond acceptors (Lipinski definition) is 3. The molecule has 0 bridgehead atoms. The maximum absolute atomic E-state index is 11.0. The Kier molecular flexibility index (Phi) is 4.55. The summed E-state index contributed by atoms with van der Waals surface area (Å²) in [4.78, 5) is 11.0. The standard InChI is InChI=1S/C10H22N2O2/c1-5-10(14,6-2)7-12-9(3,4)8(11)13/h12,14H,5-7H2,1-4H3,(H2,11,13). The van der Waals surface area contributed by atoms with Gasteiger partial charge in [0.05, 0.1) is 11.1 Å². The molecule has 0 unspecified atom stereocenters. The van der Waals surface area contributed by atoms with Crippen LogP contribution in [0.3, 0.4) is 0 Å². The number of nitrogens with two attached hydrogens (primary N) is 1. The van der Waals surface area contributed by atoms with Gasteiger partial charge < -0.3 is 16.2 Å². The molecular formula is C10H22N2O2. The minimum Gasteiger partial charge on any atom is -0.389 e. The first-order chi connectivity index (χ1) is 6.27. The lowest BCUT2D eigenvalue weighted by molar-refractivity contribution is -0.123. The van der Waals surface area contributed by atoms with Crippen LogP contribution in [0, 0.1) is 0 Å². The summed E-state index contributed by atoms with van der Waals surface area (Å²) in [6.07, 6.45) is 1.32. The highest BCUT2D eigenvalue weighted by Gasteiger charge is 2.29. The Balaban J connectivity index is 4.23. The van der Waals surface area contributed by atoms with E-state index >= 15 is 0 Å². The predicted octanol–water partition coefficient (Wildman–Crippen LogP) is 0.391. The molecule has 0 aromatic heterocycles. The van der Waals surface area contributed by atoms with Crippen molar-refractivity contribution in [1.82, 2.24) is 5.32 Å². The van der Waals surface area contributed by atoms with Gasteiger partial charge in [0.15, 0.2) is 0 Å². The highest BCUT2D eigenvalue weighted by Crippen LogP contribution is 2.14. The van der Waals surface area contributed by atoms with Crippen LogP contribution in [-0.2, 0) is 4.79 Å². The van der Waals surface area contributed by atoms with Gasteiger partial charge in [0.2, 0.25) is 5.91 Å². The van der Waals surface area contributed by atoms with Crippen LogP contribution in [0.2, 0.25) is 0 Å². The van der Waals surface area contributed by atoms with Crippen LogP contribution in [0.4, 0.5) is 0 Å². The Labute approximate surface area is 85.9 Å². The number of primary amides is 1. The van der Waals surface area contributed by atoms with Crippen LogP contribution >= 0.6 is 0 Å². The van der Waals surface area contributed by atoms with Crippen LogP contribution in [0.5, 0.6) is 0 Å². The molecule has 0 fully saturated rings. The number of carbonyl (C=O) groups is 1. The molecule has 0 rings (SSSR count). The highest BCUT2D eigenvalue weighted by molar-refractivity contribution is 5.83.